The Hall–Kier alpha value is -0.570. The topological polar surface area (TPSA) is 38.3 Å². The van der Waals surface area contributed by atoms with Crippen molar-refractivity contribution in [2.45, 2.75) is 71.9 Å². The summed E-state index contributed by atoms with van der Waals surface area (Å²) < 4.78 is 5.36. The highest BCUT2D eigenvalue weighted by Gasteiger charge is 2.28. The standard InChI is InChI=1S/C15H29NO2/c1-11(2)12-7-6-10-16-13(12)8-9-14(17)18-15(3,4)5/h11-13,16H,6-10H2,1-5H3/t12-,13+/m0/s1. The van der Waals surface area contributed by atoms with Gasteiger partial charge in [0.25, 0.3) is 0 Å². The summed E-state index contributed by atoms with van der Waals surface area (Å²) in [6.45, 7) is 11.4. The van der Waals surface area contributed by atoms with E-state index in [1.54, 1.807) is 0 Å². The van der Waals surface area contributed by atoms with Gasteiger partial charge in [-0.25, -0.2) is 0 Å². The molecule has 0 unspecified atom stereocenters. The molecule has 18 heavy (non-hydrogen) atoms. The molecule has 1 heterocycles. The number of piperidine rings is 1. The Morgan fingerprint density at radius 1 is 1.39 bits per heavy atom. The molecule has 3 heteroatoms. The molecule has 0 saturated carbocycles. The summed E-state index contributed by atoms with van der Waals surface area (Å²) in [6, 6.07) is 0.478. The normalized spacial score (nSPS) is 25.2. The zero-order valence-corrected chi connectivity index (χ0v) is 12.6. The van der Waals surface area contributed by atoms with Crippen LogP contribution in [0.3, 0.4) is 0 Å². The van der Waals surface area contributed by atoms with Gasteiger partial charge in [0, 0.05) is 12.5 Å². The molecule has 3 nitrogen and oxygen atoms in total. The van der Waals surface area contributed by atoms with Crippen molar-refractivity contribution in [2.24, 2.45) is 11.8 Å². The molecule has 1 aliphatic heterocycles. The Balaban J connectivity index is 2.39. The summed E-state index contributed by atoms with van der Waals surface area (Å²) in [6.07, 6.45) is 3.96. The SMILES string of the molecule is CC(C)[C@@H]1CCCN[C@@H]1CCC(=O)OC(C)(C)C. The first-order valence-corrected chi connectivity index (χ1v) is 7.25. The van der Waals surface area contributed by atoms with Gasteiger partial charge in [-0.1, -0.05) is 13.8 Å². The van der Waals surface area contributed by atoms with Gasteiger partial charge >= 0.3 is 5.97 Å². The molecule has 0 bridgehead atoms. The highest BCUT2D eigenvalue weighted by molar-refractivity contribution is 5.69. The molecule has 0 radical (unpaired) electrons. The largest absolute Gasteiger partial charge is 0.460 e. The molecule has 1 aliphatic rings. The van der Waals surface area contributed by atoms with E-state index in [-0.39, 0.29) is 11.6 Å². The minimum Gasteiger partial charge on any atom is -0.460 e. The van der Waals surface area contributed by atoms with Crippen LogP contribution in [-0.2, 0) is 9.53 Å². The quantitative estimate of drug-likeness (QED) is 0.784. The fourth-order valence-electron chi connectivity index (χ4n) is 2.76. The Morgan fingerprint density at radius 3 is 2.61 bits per heavy atom. The number of rotatable bonds is 4. The van der Waals surface area contributed by atoms with Crippen molar-refractivity contribution >= 4 is 5.97 Å². The molecule has 1 saturated heterocycles. The zero-order chi connectivity index (χ0) is 13.8. The third-order valence-electron chi connectivity index (χ3n) is 3.57. The maximum absolute atomic E-state index is 11.7. The summed E-state index contributed by atoms with van der Waals surface area (Å²) in [7, 11) is 0. The molecule has 0 aromatic rings. The average Bonchev–Trinajstić information content (AvgIpc) is 2.24. The molecule has 0 aliphatic carbocycles. The lowest BCUT2D eigenvalue weighted by Crippen LogP contribution is -2.43. The molecule has 106 valence electrons. The highest BCUT2D eigenvalue weighted by Crippen LogP contribution is 2.27. The number of hydrogen-bond donors (Lipinski definition) is 1. The first-order chi connectivity index (χ1) is 8.29. The van der Waals surface area contributed by atoms with Crippen LogP contribution in [0.4, 0.5) is 0 Å². The van der Waals surface area contributed by atoms with Crippen LogP contribution < -0.4 is 5.32 Å². The second-order valence-corrected chi connectivity index (χ2v) is 6.74. The van der Waals surface area contributed by atoms with Crippen LogP contribution in [0, 0.1) is 11.8 Å². The monoisotopic (exact) mass is 255 g/mol. The first-order valence-electron chi connectivity index (χ1n) is 7.25. The van der Waals surface area contributed by atoms with Gasteiger partial charge in [-0.05, 0) is 58.4 Å². The van der Waals surface area contributed by atoms with Crippen molar-refractivity contribution in [3.05, 3.63) is 0 Å². The van der Waals surface area contributed by atoms with Crippen molar-refractivity contribution in [3.63, 3.8) is 0 Å². The molecule has 1 rings (SSSR count). The van der Waals surface area contributed by atoms with Crippen LogP contribution in [-0.4, -0.2) is 24.2 Å². The Kier molecular flexibility index (Phi) is 5.64. The second kappa shape index (κ2) is 6.55. The summed E-state index contributed by atoms with van der Waals surface area (Å²) in [4.78, 5) is 11.7. The Bertz CT molecular complexity index is 268. The number of carbonyl (C=O) groups excluding carboxylic acids is 1. The number of nitrogens with one attached hydrogen (secondary N) is 1. The smallest absolute Gasteiger partial charge is 0.306 e. The van der Waals surface area contributed by atoms with Crippen molar-refractivity contribution in [1.29, 1.82) is 0 Å². The summed E-state index contributed by atoms with van der Waals surface area (Å²) in [5, 5.41) is 3.56. The first kappa shape index (κ1) is 15.5. The number of esters is 1. The van der Waals surface area contributed by atoms with Gasteiger partial charge in [0.05, 0.1) is 0 Å². The fraction of sp³-hybridized carbons (Fsp3) is 0.933. The second-order valence-electron chi connectivity index (χ2n) is 6.74. The third kappa shape index (κ3) is 5.38. The molecule has 1 fully saturated rings. The van der Waals surface area contributed by atoms with Crippen LogP contribution >= 0.6 is 0 Å². The van der Waals surface area contributed by atoms with Gasteiger partial charge < -0.3 is 10.1 Å². The van der Waals surface area contributed by atoms with Gasteiger partial charge in [-0.15, -0.1) is 0 Å². The van der Waals surface area contributed by atoms with E-state index in [0.717, 1.165) is 13.0 Å². The molecule has 0 amide bonds. The van der Waals surface area contributed by atoms with Crippen LogP contribution in [0.15, 0.2) is 0 Å². The van der Waals surface area contributed by atoms with Crippen LogP contribution in [0.2, 0.25) is 0 Å². The number of hydrogen-bond acceptors (Lipinski definition) is 3. The third-order valence-corrected chi connectivity index (χ3v) is 3.57. The lowest BCUT2D eigenvalue weighted by Gasteiger charge is -2.35. The zero-order valence-electron chi connectivity index (χ0n) is 12.6. The van der Waals surface area contributed by atoms with Gasteiger partial charge in [0.2, 0.25) is 0 Å². The van der Waals surface area contributed by atoms with Crippen molar-refractivity contribution < 1.29 is 9.53 Å². The summed E-state index contributed by atoms with van der Waals surface area (Å²) >= 11 is 0. The molecule has 0 aromatic carbocycles. The maximum Gasteiger partial charge on any atom is 0.306 e. The summed E-state index contributed by atoms with van der Waals surface area (Å²) in [5.41, 5.74) is -0.367. The average molecular weight is 255 g/mol. The van der Waals surface area contributed by atoms with Gasteiger partial charge in [-0.3, -0.25) is 4.79 Å². The maximum atomic E-state index is 11.7. The number of ether oxygens (including phenoxy) is 1. The molecular formula is C15H29NO2. The van der Waals surface area contributed by atoms with E-state index in [4.69, 9.17) is 4.74 Å². The highest BCUT2D eigenvalue weighted by atomic mass is 16.6. The van der Waals surface area contributed by atoms with E-state index in [2.05, 4.69) is 19.2 Å². The van der Waals surface area contributed by atoms with Gasteiger partial charge in [0.15, 0.2) is 0 Å². The lowest BCUT2D eigenvalue weighted by molar-refractivity contribution is -0.155. The Morgan fingerprint density at radius 2 is 2.06 bits per heavy atom. The van der Waals surface area contributed by atoms with E-state index < -0.39 is 0 Å². The lowest BCUT2D eigenvalue weighted by atomic mass is 9.80. The van der Waals surface area contributed by atoms with Gasteiger partial charge in [0.1, 0.15) is 5.60 Å². The molecular weight excluding hydrogens is 226 g/mol. The van der Waals surface area contributed by atoms with Crippen LogP contribution in [0.1, 0.15) is 60.3 Å². The molecule has 1 N–H and O–H groups in total. The molecule has 0 aromatic heterocycles. The van der Waals surface area contributed by atoms with E-state index in [0.29, 0.717) is 24.3 Å². The molecule has 0 spiro atoms. The minimum atomic E-state index is -0.367. The minimum absolute atomic E-state index is 0.0719. The van der Waals surface area contributed by atoms with Crippen LogP contribution in [0.25, 0.3) is 0 Å². The molecule has 2 atom stereocenters. The van der Waals surface area contributed by atoms with E-state index in [1.165, 1.54) is 12.8 Å². The van der Waals surface area contributed by atoms with Crippen molar-refractivity contribution in [1.82, 2.24) is 5.32 Å². The van der Waals surface area contributed by atoms with Gasteiger partial charge in [-0.2, -0.15) is 0 Å². The Labute approximate surface area is 112 Å². The van der Waals surface area contributed by atoms with Crippen molar-refractivity contribution in [3.8, 4) is 0 Å². The van der Waals surface area contributed by atoms with Crippen molar-refractivity contribution in [2.75, 3.05) is 6.54 Å². The van der Waals surface area contributed by atoms with E-state index in [1.807, 2.05) is 20.8 Å². The summed E-state index contributed by atoms with van der Waals surface area (Å²) in [5.74, 6) is 1.31. The van der Waals surface area contributed by atoms with Crippen LogP contribution in [0.5, 0.6) is 0 Å². The van der Waals surface area contributed by atoms with E-state index in [9.17, 15) is 4.79 Å². The number of carbonyl (C=O) groups is 1. The fourth-order valence-corrected chi connectivity index (χ4v) is 2.76. The predicted molar refractivity (Wildman–Crippen MR) is 74.4 cm³/mol. The van der Waals surface area contributed by atoms with E-state index >= 15 is 0 Å². The predicted octanol–water partition coefficient (Wildman–Crippen LogP) is 3.13.